The average Bonchev–Trinajstić information content (AvgIpc) is 3.03. The van der Waals surface area contributed by atoms with Crippen LogP contribution in [0.25, 0.3) is 11.2 Å². The summed E-state index contributed by atoms with van der Waals surface area (Å²) in [6, 6.07) is 8.73. The minimum Gasteiger partial charge on any atom is -0.394 e. The van der Waals surface area contributed by atoms with E-state index in [-0.39, 0.29) is 6.61 Å². The van der Waals surface area contributed by atoms with Crippen LogP contribution in [0.5, 0.6) is 0 Å². The van der Waals surface area contributed by atoms with Gasteiger partial charge in [0.1, 0.15) is 5.52 Å². The van der Waals surface area contributed by atoms with Gasteiger partial charge in [-0.1, -0.05) is 25.5 Å². The van der Waals surface area contributed by atoms with E-state index in [9.17, 15) is 0 Å². The summed E-state index contributed by atoms with van der Waals surface area (Å²) in [6.07, 6.45) is 7.07. The van der Waals surface area contributed by atoms with E-state index in [0.717, 1.165) is 23.3 Å². The fraction of sp³-hybridized carbons (Fsp3) is 0.421. The number of hydrogen-bond donors (Lipinski definition) is 1. The molecule has 0 aliphatic carbocycles. The lowest BCUT2D eigenvalue weighted by Gasteiger charge is -2.19. The highest BCUT2D eigenvalue weighted by Crippen LogP contribution is 2.18. The van der Waals surface area contributed by atoms with Gasteiger partial charge in [0, 0.05) is 12.7 Å². The van der Waals surface area contributed by atoms with Crippen LogP contribution in [0.3, 0.4) is 0 Å². The van der Waals surface area contributed by atoms with Crippen molar-refractivity contribution < 1.29 is 5.11 Å². The van der Waals surface area contributed by atoms with E-state index >= 15 is 0 Å². The molecule has 3 rings (SSSR count). The molecular weight excluding hydrogens is 314 g/mol. The van der Waals surface area contributed by atoms with Crippen LogP contribution in [0, 0.1) is 0 Å². The molecule has 1 N–H and O–H groups in total. The number of unbranched alkanes of at least 4 members (excludes halogenated alkanes) is 1. The quantitative estimate of drug-likeness (QED) is 0.683. The Bertz CT molecular complexity index is 812. The summed E-state index contributed by atoms with van der Waals surface area (Å²) in [6.45, 7) is 3.37. The van der Waals surface area contributed by atoms with Crippen LogP contribution in [0.15, 0.2) is 36.7 Å². The highest BCUT2D eigenvalue weighted by atomic mass is 16.3. The predicted molar refractivity (Wildman–Crippen MR) is 99.6 cm³/mol. The molecule has 0 spiro atoms. The van der Waals surface area contributed by atoms with E-state index in [1.54, 1.807) is 17.1 Å². The maximum atomic E-state index is 9.05. The largest absolute Gasteiger partial charge is 0.394 e. The molecule has 0 saturated heterocycles. The fourth-order valence-electron chi connectivity index (χ4n) is 2.87. The van der Waals surface area contributed by atoms with Gasteiger partial charge in [0.15, 0.2) is 5.65 Å². The smallest absolute Gasteiger partial charge is 0.176 e. The van der Waals surface area contributed by atoms with Gasteiger partial charge in [-0.25, -0.2) is 14.6 Å². The number of aryl methyl sites for hydroxylation is 1. The first kappa shape index (κ1) is 17.4. The number of aliphatic hydroxyl groups is 1. The number of aromatic nitrogens is 4. The van der Waals surface area contributed by atoms with E-state index in [0.29, 0.717) is 18.7 Å². The Hall–Kier alpha value is -2.47. The molecule has 0 amide bonds. The van der Waals surface area contributed by atoms with Crippen molar-refractivity contribution >= 4 is 16.9 Å². The summed E-state index contributed by atoms with van der Waals surface area (Å²) in [5.74, 6) is 0. The Morgan fingerprint density at radius 2 is 1.96 bits per heavy atom. The van der Waals surface area contributed by atoms with E-state index < -0.39 is 0 Å². The van der Waals surface area contributed by atoms with Crippen molar-refractivity contribution in [2.45, 2.75) is 39.3 Å². The van der Waals surface area contributed by atoms with E-state index in [1.807, 2.05) is 0 Å². The van der Waals surface area contributed by atoms with Crippen molar-refractivity contribution in [2.75, 3.05) is 18.6 Å². The number of aliphatic hydroxyl groups excluding tert-OH is 1. The summed E-state index contributed by atoms with van der Waals surface area (Å²) >= 11 is 0. The highest BCUT2D eigenvalue weighted by Gasteiger charge is 2.09. The van der Waals surface area contributed by atoms with Gasteiger partial charge >= 0.3 is 0 Å². The van der Waals surface area contributed by atoms with Gasteiger partial charge < -0.3 is 10.0 Å². The zero-order valence-electron chi connectivity index (χ0n) is 14.9. The normalized spacial score (nSPS) is 11.2. The van der Waals surface area contributed by atoms with Crippen molar-refractivity contribution in [3.8, 4) is 0 Å². The zero-order valence-corrected chi connectivity index (χ0v) is 14.9. The molecule has 132 valence electrons. The van der Waals surface area contributed by atoms with Gasteiger partial charge in [-0.3, -0.25) is 0 Å². The van der Waals surface area contributed by atoms with Gasteiger partial charge in [0.25, 0.3) is 0 Å². The molecule has 0 aliphatic heterocycles. The molecule has 0 bridgehead atoms. The molecule has 0 saturated carbocycles. The summed E-state index contributed by atoms with van der Waals surface area (Å²) in [7, 11) is 2.06. The molecule has 25 heavy (non-hydrogen) atoms. The number of anilines is 1. The minimum absolute atomic E-state index is 0.0389. The predicted octanol–water partition coefficient (Wildman–Crippen LogP) is 2.80. The van der Waals surface area contributed by atoms with Crippen LogP contribution in [0.2, 0.25) is 0 Å². The van der Waals surface area contributed by atoms with Crippen molar-refractivity contribution in [1.82, 2.24) is 19.7 Å². The summed E-state index contributed by atoms with van der Waals surface area (Å²) in [4.78, 5) is 11.3. The second kappa shape index (κ2) is 8.07. The fourth-order valence-corrected chi connectivity index (χ4v) is 2.87. The zero-order chi connectivity index (χ0) is 17.6. The Balaban J connectivity index is 1.69. The highest BCUT2D eigenvalue weighted by molar-refractivity contribution is 5.69. The standard InChI is InChI=1S/C19H25N5O/c1-3-4-5-15-6-8-17(9-7-15)23(2)14-16-12-20-19-18(22-16)13-21-24(19)10-11-25/h6-9,12-13,25H,3-5,10-11,14H2,1-2H3. The maximum absolute atomic E-state index is 9.05. The van der Waals surface area contributed by atoms with Crippen molar-refractivity contribution in [1.29, 1.82) is 0 Å². The van der Waals surface area contributed by atoms with Crippen molar-refractivity contribution in [3.63, 3.8) is 0 Å². The topological polar surface area (TPSA) is 67.1 Å². The summed E-state index contributed by atoms with van der Waals surface area (Å²) in [5, 5.41) is 13.3. The molecule has 6 nitrogen and oxygen atoms in total. The number of hydrogen-bond acceptors (Lipinski definition) is 5. The Morgan fingerprint density at radius 3 is 2.68 bits per heavy atom. The van der Waals surface area contributed by atoms with E-state index in [2.05, 4.69) is 58.2 Å². The molecule has 2 aromatic heterocycles. The van der Waals surface area contributed by atoms with Gasteiger partial charge in [-0.15, -0.1) is 0 Å². The SMILES string of the molecule is CCCCc1ccc(N(C)Cc2cnc3c(cnn3CCO)n2)cc1. The lowest BCUT2D eigenvalue weighted by molar-refractivity contribution is 0.271. The van der Waals surface area contributed by atoms with Crippen LogP contribution < -0.4 is 4.90 Å². The lowest BCUT2D eigenvalue weighted by atomic mass is 10.1. The van der Waals surface area contributed by atoms with E-state index in [4.69, 9.17) is 5.11 Å². The monoisotopic (exact) mass is 339 g/mol. The average molecular weight is 339 g/mol. The minimum atomic E-state index is 0.0389. The van der Waals surface area contributed by atoms with Gasteiger partial charge in [-0.05, 0) is 30.5 Å². The molecule has 0 atom stereocenters. The molecule has 0 aliphatic rings. The molecule has 0 unspecified atom stereocenters. The van der Waals surface area contributed by atoms with E-state index in [1.165, 1.54) is 18.4 Å². The second-order valence-electron chi connectivity index (χ2n) is 6.29. The van der Waals surface area contributed by atoms with Crippen LogP contribution in [0.1, 0.15) is 31.0 Å². The number of fused-ring (bicyclic) bond motifs is 1. The summed E-state index contributed by atoms with van der Waals surface area (Å²) < 4.78 is 1.67. The lowest BCUT2D eigenvalue weighted by Crippen LogP contribution is -2.17. The third kappa shape index (κ3) is 4.14. The molecule has 1 aromatic carbocycles. The van der Waals surface area contributed by atoms with Gasteiger partial charge in [-0.2, -0.15) is 5.10 Å². The van der Waals surface area contributed by atoms with Crippen LogP contribution in [-0.2, 0) is 19.5 Å². The first-order chi connectivity index (χ1) is 12.2. The first-order valence-corrected chi connectivity index (χ1v) is 8.79. The van der Waals surface area contributed by atoms with Crippen LogP contribution >= 0.6 is 0 Å². The first-order valence-electron chi connectivity index (χ1n) is 8.79. The Morgan fingerprint density at radius 1 is 1.16 bits per heavy atom. The molecule has 3 aromatic rings. The number of nitrogens with zero attached hydrogens (tertiary/aromatic N) is 5. The Kier molecular flexibility index (Phi) is 5.60. The maximum Gasteiger partial charge on any atom is 0.176 e. The number of rotatable bonds is 8. The van der Waals surface area contributed by atoms with Crippen molar-refractivity contribution in [3.05, 3.63) is 47.9 Å². The van der Waals surface area contributed by atoms with Crippen molar-refractivity contribution in [2.24, 2.45) is 0 Å². The summed E-state index contributed by atoms with van der Waals surface area (Å²) in [5.41, 5.74) is 4.92. The third-order valence-electron chi connectivity index (χ3n) is 4.30. The third-order valence-corrected chi connectivity index (χ3v) is 4.30. The Labute approximate surface area is 148 Å². The molecule has 6 heteroatoms. The van der Waals surface area contributed by atoms with Crippen LogP contribution in [0.4, 0.5) is 5.69 Å². The van der Waals surface area contributed by atoms with Crippen LogP contribution in [-0.4, -0.2) is 38.5 Å². The second-order valence-corrected chi connectivity index (χ2v) is 6.29. The molecule has 0 radical (unpaired) electrons. The molecular formula is C19H25N5O. The molecule has 2 heterocycles. The van der Waals surface area contributed by atoms with Gasteiger partial charge in [0.2, 0.25) is 0 Å². The molecule has 0 fully saturated rings. The number of benzene rings is 1. The van der Waals surface area contributed by atoms with Gasteiger partial charge in [0.05, 0.1) is 37.8 Å².